The summed E-state index contributed by atoms with van der Waals surface area (Å²) in [6.07, 6.45) is 1.89. The predicted octanol–water partition coefficient (Wildman–Crippen LogP) is 1.86. The van der Waals surface area contributed by atoms with Gasteiger partial charge in [-0.3, -0.25) is 15.0 Å². The number of hydrogen-bond donors (Lipinski definition) is 1. The van der Waals surface area contributed by atoms with E-state index in [1.165, 1.54) is 0 Å². The molecule has 2 aliphatic rings. The van der Waals surface area contributed by atoms with Crippen molar-refractivity contribution in [1.82, 2.24) is 10.2 Å². The van der Waals surface area contributed by atoms with Gasteiger partial charge in [-0.25, -0.2) is 0 Å². The third kappa shape index (κ3) is 2.05. The zero-order valence-electron chi connectivity index (χ0n) is 11.5. The van der Waals surface area contributed by atoms with Crippen LogP contribution in [0.15, 0.2) is 30.3 Å². The standard InChI is InChI=1S/C15H20N2O2/c1-14(2)13(18)17(11-12-7-4-3-5-8-12)15(19-14)9-6-10-16-15/h3-5,7-8,16H,6,9-11H2,1-2H3. The van der Waals surface area contributed by atoms with Gasteiger partial charge in [-0.15, -0.1) is 0 Å². The van der Waals surface area contributed by atoms with E-state index in [0.717, 1.165) is 24.9 Å². The summed E-state index contributed by atoms with van der Waals surface area (Å²) in [5.41, 5.74) is 0.386. The number of benzene rings is 1. The van der Waals surface area contributed by atoms with E-state index < -0.39 is 11.4 Å². The zero-order chi connectivity index (χ0) is 13.5. The molecule has 1 aromatic rings. The van der Waals surface area contributed by atoms with E-state index in [4.69, 9.17) is 4.74 Å². The van der Waals surface area contributed by atoms with Crippen LogP contribution in [0.2, 0.25) is 0 Å². The van der Waals surface area contributed by atoms with Crippen LogP contribution in [0.3, 0.4) is 0 Å². The largest absolute Gasteiger partial charge is 0.326 e. The lowest BCUT2D eigenvalue weighted by Gasteiger charge is -2.33. The molecule has 1 unspecified atom stereocenters. The van der Waals surface area contributed by atoms with E-state index >= 15 is 0 Å². The molecule has 0 aromatic heterocycles. The van der Waals surface area contributed by atoms with E-state index in [1.807, 2.05) is 49.1 Å². The molecule has 102 valence electrons. The van der Waals surface area contributed by atoms with E-state index in [1.54, 1.807) is 0 Å². The van der Waals surface area contributed by atoms with Crippen LogP contribution in [-0.4, -0.2) is 28.8 Å². The summed E-state index contributed by atoms with van der Waals surface area (Å²) in [5.74, 6) is -0.540. The minimum Gasteiger partial charge on any atom is -0.326 e. The number of rotatable bonds is 2. The SMILES string of the molecule is CC1(C)OC2(CCCN2)N(Cc2ccccc2)C1=O. The molecule has 2 fully saturated rings. The highest BCUT2D eigenvalue weighted by atomic mass is 16.6. The molecule has 4 nitrogen and oxygen atoms in total. The summed E-state index contributed by atoms with van der Waals surface area (Å²) in [4.78, 5) is 14.4. The average Bonchev–Trinajstić information content (AvgIpc) is 2.91. The van der Waals surface area contributed by atoms with Gasteiger partial charge in [0.05, 0.1) is 0 Å². The second-order valence-corrected chi connectivity index (χ2v) is 5.80. The molecule has 4 heteroatoms. The van der Waals surface area contributed by atoms with Gasteiger partial charge in [0.2, 0.25) is 5.85 Å². The molecule has 1 aromatic carbocycles. The van der Waals surface area contributed by atoms with Crippen LogP contribution in [0, 0.1) is 0 Å². The monoisotopic (exact) mass is 260 g/mol. The Morgan fingerprint density at radius 2 is 2.05 bits per heavy atom. The van der Waals surface area contributed by atoms with E-state index in [-0.39, 0.29) is 5.91 Å². The van der Waals surface area contributed by atoms with Crippen LogP contribution in [-0.2, 0) is 16.1 Å². The van der Waals surface area contributed by atoms with Crippen molar-refractivity contribution >= 4 is 5.91 Å². The molecule has 3 rings (SSSR count). The quantitative estimate of drug-likeness (QED) is 0.882. The lowest BCUT2D eigenvalue weighted by Crippen LogP contribution is -2.53. The Balaban J connectivity index is 1.90. The first kappa shape index (κ1) is 12.6. The summed E-state index contributed by atoms with van der Waals surface area (Å²) in [6.45, 7) is 5.19. The molecule has 0 saturated carbocycles. The molecule has 1 N–H and O–H groups in total. The number of ether oxygens (including phenoxy) is 1. The lowest BCUT2D eigenvalue weighted by atomic mass is 10.1. The Bertz CT molecular complexity index is 478. The van der Waals surface area contributed by atoms with Crippen LogP contribution in [0.5, 0.6) is 0 Å². The van der Waals surface area contributed by atoms with Crippen molar-refractivity contribution < 1.29 is 9.53 Å². The zero-order valence-corrected chi connectivity index (χ0v) is 11.5. The molecule has 2 aliphatic heterocycles. The third-order valence-corrected chi connectivity index (χ3v) is 3.90. The second kappa shape index (κ2) is 4.32. The first-order valence-corrected chi connectivity index (χ1v) is 6.85. The van der Waals surface area contributed by atoms with Crippen LogP contribution in [0.4, 0.5) is 0 Å². The molecule has 1 atom stereocenters. The molecular formula is C15H20N2O2. The minimum absolute atomic E-state index is 0.0609. The minimum atomic E-state index is -0.744. The first-order valence-electron chi connectivity index (χ1n) is 6.85. The molecule has 0 aliphatic carbocycles. The van der Waals surface area contributed by atoms with Gasteiger partial charge in [0.1, 0.15) is 5.60 Å². The maximum absolute atomic E-state index is 12.6. The average molecular weight is 260 g/mol. The van der Waals surface area contributed by atoms with Gasteiger partial charge in [0, 0.05) is 13.0 Å². The van der Waals surface area contributed by atoms with Gasteiger partial charge in [0.15, 0.2) is 0 Å². The Hall–Kier alpha value is -1.39. The van der Waals surface area contributed by atoms with E-state index in [2.05, 4.69) is 5.32 Å². The maximum atomic E-state index is 12.6. The third-order valence-electron chi connectivity index (χ3n) is 3.90. The molecule has 0 radical (unpaired) electrons. The number of carbonyl (C=O) groups is 1. The molecule has 1 amide bonds. The highest BCUT2D eigenvalue weighted by Crippen LogP contribution is 2.39. The van der Waals surface area contributed by atoms with Crippen molar-refractivity contribution in [1.29, 1.82) is 0 Å². The summed E-state index contributed by atoms with van der Waals surface area (Å²) in [6, 6.07) is 10.1. The number of nitrogens with zero attached hydrogens (tertiary/aromatic N) is 1. The van der Waals surface area contributed by atoms with Crippen molar-refractivity contribution in [3.8, 4) is 0 Å². The molecule has 2 heterocycles. The van der Waals surface area contributed by atoms with Crippen molar-refractivity contribution in [3.63, 3.8) is 0 Å². The number of carbonyl (C=O) groups excluding carboxylic acids is 1. The summed E-state index contributed by atoms with van der Waals surface area (Å²) in [5, 5.41) is 3.37. The molecule has 19 heavy (non-hydrogen) atoms. The van der Waals surface area contributed by atoms with Crippen LogP contribution < -0.4 is 5.32 Å². The second-order valence-electron chi connectivity index (χ2n) is 5.80. The van der Waals surface area contributed by atoms with Gasteiger partial charge in [0.25, 0.3) is 5.91 Å². The molecular weight excluding hydrogens is 240 g/mol. The van der Waals surface area contributed by atoms with Crippen LogP contribution in [0.1, 0.15) is 32.3 Å². The highest BCUT2D eigenvalue weighted by molar-refractivity contribution is 5.86. The first-order chi connectivity index (χ1) is 9.04. The van der Waals surface area contributed by atoms with E-state index in [9.17, 15) is 4.79 Å². The highest BCUT2D eigenvalue weighted by Gasteiger charge is 2.57. The van der Waals surface area contributed by atoms with Gasteiger partial charge in [-0.2, -0.15) is 0 Å². The number of nitrogens with one attached hydrogen (secondary N) is 1. The van der Waals surface area contributed by atoms with Gasteiger partial charge in [-0.05, 0) is 32.4 Å². The molecule has 0 bridgehead atoms. The Kier molecular flexibility index (Phi) is 2.87. The van der Waals surface area contributed by atoms with Crippen LogP contribution >= 0.6 is 0 Å². The smallest absolute Gasteiger partial charge is 0.258 e. The van der Waals surface area contributed by atoms with Crippen molar-refractivity contribution in [3.05, 3.63) is 35.9 Å². The molecule has 2 saturated heterocycles. The number of amides is 1. The van der Waals surface area contributed by atoms with Gasteiger partial charge < -0.3 is 4.74 Å². The maximum Gasteiger partial charge on any atom is 0.258 e. The van der Waals surface area contributed by atoms with Gasteiger partial charge in [-0.1, -0.05) is 30.3 Å². The topological polar surface area (TPSA) is 41.6 Å². The predicted molar refractivity (Wildman–Crippen MR) is 72.1 cm³/mol. The van der Waals surface area contributed by atoms with E-state index in [0.29, 0.717) is 6.54 Å². The Labute approximate surface area is 113 Å². The normalized spacial score (nSPS) is 29.4. The Morgan fingerprint density at radius 1 is 1.32 bits per heavy atom. The Morgan fingerprint density at radius 3 is 2.68 bits per heavy atom. The van der Waals surface area contributed by atoms with Crippen molar-refractivity contribution in [2.45, 2.75) is 44.7 Å². The van der Waals surface area contributed by atoms with Crippen molar-refractivity contribution in [2.75, 3.05) is 6.54 Å². The summed E-state index contributed by atoms with van der Waals surface area (Å²) >= 11 is 0. The van der Waals surface area contributed by atoms with Crippen LogP contribution in [0.25, 0.3) is 0 Å². The fourth-order valence-electron chi connectivity index (χ4n) is 2.99. The molecule has 1 spiro atoms. The van der Waals surface area contributed by atoms with Crippen molar-refractivity contribution in [2.24, 2.45) is 0 Å². The summed E-state index contributed by atoms with van der Waals surface area (Å²) in [7, 11) is 0. The van der Waals surface area contributed by atoms with Gasteiger partial charge >= 0.3 is 0 Å². The number of hydrogen-bond acceptors (Lipinski definition) is 3. The fraction of sp³-hybridized carbons (Fsp3) is 0.533. The summed E-state index contributed by atoms with van der Waals surface area (Å²) < 4.78 is 6.06. The lowest BCUT2D eigenvalue weighted by molar-refractivity contribution is -0.142. The fourth-order valence-corrected chi connectivity index (χ4v) is 2.99.